The van der Waals surface area contributed by atoms with Crippen LogP contribution in [0.4, 0.5) is 0 Å². The first-order valence-corrected chi connectivity index (χ1v) is 22.8. The first-order valence-electron chi connectivity index (χ1n) is 22.8. The van der Waals surface area contributed by atoms with Crippen molar-refractivity contribution in [2.75, 3.05) is 19.8 Å². The second kappa shape index (κ2) is 36.8. The number of carbonyl (C=O) groups is 2. The molecule has 1 aliphatic heterocycles. The van der Waals surface area contributed by atoms with E-state index < -0.39 is 49.4 Å². The quantitative estimate of drug-likeness (QED) is 0.0271. The summed E-state index contributed by atoms with van der Waals surface area (Å²) in [5.74, 6) is -0.801. The Morgan fingerprint density at radius 2 is 0.964 bits per heavy atom. The Bertz CT molecular complexity index is 912. The van der Waals surface area contributed by atoms with Gasteiger partial charge >= 0.3 is 11.9 Å². The fourth-order valence-electron chi connectivity index (χ4n) is 7.01. The predicted octanol–water partition coefficient (Wildman–Crippen LogP) is 9.56. The molecule has 6 atom stereocenters. The summed E-state index contributed by atoms with van der Waals surface area (Å²) in [7, 11) is 0. The zero-order chi connectivity index (χ0) is 40.2. The minimum absolute atomic E-state index is 0.213. The number of esters is 2. The molecule has 4 N–H and O–H groups in total. The van der Waals surface area contributed by atoms with Crippen molar-refractivity contribution < 1.29 is 49.0 Å². The number of carbonyl (C=O) groups excluding carboxylic acids is 2. The third-order valence-electron chi connectivity index (χ3n) is 10.7. The molecule has 0 aliphatic carbocycles. The largest absolute Gasteiger partial charge is 0.462 e. The average molecular weight is 785 g/mol. The summed E-state index contributed by atoms with van der Waals surface area (Å²) in [6, 6.07) is 0. The maximum Gasteiger partial charge on any atom is 0.306 e. The standard InChI is InChI=1S/C45H84O10/c1-3-5-7-9-11-13-15-16-17-18-19-20-21-22-24-26-28-30-32-34-41(48)54-38(37-53-45-44(51)43(50)42(49)39(35-46)55-45)36-52-40(47)33-31-29-27-25-23-14-12-10-8-6-4-2/h16-17,38-39,42-46,49-51H,3-15,18-37H2,1-2H3/b17-16+/t38-,39-,42+,43?,44?,45-/m1/s1. The van der Waals surface area contributed by atoms with E-state index in [0.29, 0.717) is 6.42 Å². The molecule has 0 radical (unpaired) electrons. The molecule has 10 nitrogen and oxygen atoms in total. The number of allylic oxidation sites excluding steroid dienone is 2. The molecular formula is C45H84O10. The maximum absolute atomic E-state index is 12.8. The lowest BCUT2D eigenvalue weighted by Gasteiger charge is -2.39. The fraction of sp³-hybridized carbons (Fsp3) is 0.911. The van der Waals surface area contributed by atoms with Crippen molar-refractivity contribution in [3.8, 4) is 0 Å². The van der Waals surface area contributed by atoms with E-state index in [4.69, 9.17) is 18.9 Å². The Labute approximate surface area is 335 Å². The summed E-state index contributed by atoms with van der Waals surface area (Å²) in [4.78, 5) is 25.3. The molecular weight excluding hydrogens is 700 g/mol. The fourth-order valence-corrected chi connectivity index (χ4v) is 7.01. The Morgan fingerprint density at radius 1 is 0.545 bits per heavy atom. The third kappa shape index (κ3) is 28.5. The van der Waals surface area contributed by atoms with Gasteiger partial charge in [-0.25, -0.2) is 0 Å². The lowest BCUT2D eigenvalue weighted by atomic mass is 9.99. The molecule has 1 saturated heterocycles. The minimum Gasteiger partial charge on any atom is -0.462 e. The number of aliphatic hydroxyl groups is 4. The van der Waals surface area contributed by atoms with Crippen LogP contribution in [0.2, 0.25) is 0 Å². The topological polar surface area (TPSA) is 152 Å². The van der Waals surface area contributed by atoms with Gasteiger partial charge in [-0.2, -0.15) is 0 Å². The van der Waals surface area contributed by atoms with E-state index in [1.54, 1.807) is 0 Å². The molecule has 324 valence electrons. The van der Waals surface area contributed by atoms with Crippen LogP contribution < -0.4 is 0 Å². The summed E-state index contributed by atoms with van der Waals surface area (Å²) < 4.78 is 22.1. The van der Waals surface area contributed by atoms with Gasteiger partial charge in [0.2, 0.25) is 0 Å². The monoisotopic (exact) mass is 785 g/mol. The number of hydrogen-bond donors (Lipinski definition) is 4. The van der Waals surface area contributed by atoms with E-state index in [0.717, 1.165) is 38.5 Å². The Morgan fingerprint density at radius 3 is 1.42 bits per heavy atom. The molecule has 1 rings (SSSR count). The van der Waals surface area contributed by atoms with E-state index in [9.17, 15) is 30.0 Å². The molecule has 1 fully saturated rings. The number of hydrogen-bond acceptors (Lipinski definition) is 10. The van der Waals surface area contributed by atoms with Crippen LogP contribution in [0.15, 0.2) is 12.2 Å². The summed E-state index contributed by atoms with van der Waals surface area (Å²) in [5, 5.41) is 40.0. The first kappa shape index (κ1) is 51.5. The Balaban J connectivity index is 2.29. The molecule has 0 aromatic rings. The van der Waals surface area contributed by atoms with Gasteiger partial charge in [-0.15, -0.1) is 0 Å². The predicted molar refractivity (Wildman–Crippen MR) is 220 cm³/mol. The lowest BCUT2D eigenvalue weighted by molar-refractivity contribution is -0.305. The van der Waals surface area contributed by atoms with Crippen molar-refractivity contribution in [2.45, 2.75) is 243 Å². The van der Waals surface area contributed by atoms with Crippen LogP contribution in [-0.2, 0) is 28.5 Å². The van der Waals surface area contributed by atoms with E-state index in [-0.39, 0.29) is 32.0 Å². The lowest BCUT2D eigenvalue weighted by Crippen LogP contribution is -2.59. The molecule has 55 heavy (non-hydrogen) atoms. The normalized spacial score (nSPS) is 20.6. The minimum atomic E-state index is -1.59. The van der Waals surface area contributed by atoms with Crippen molar-refractivity contribution in [3.63, 3.8) is 0 Å². The molecule has 0 spiro atoms. The zero-order valence-corrected chi connectivity index (χ0v) is 35.2. The van der Waals surface area contributed by atoms with Gasteiger partial charge in [0.05, 0.1) is 13.2 Å². The number of aliphatic hydroxyl groups excluding tert-OH is 4. The molecule has 2 unspecified atom stereocenters. The number of rotatable bonds is 38. The van der Waals surface area contributed by atoms with Gasteiger partial charge in [0, 0.05) is 12.8 Å². The van der Waals surface area contributed by atoms with Crippen molar-refractivity contribution in [1.29, 1.82) is 0 Å². The smallest absolute Gasteiger partial charge is 0.306 e. The molecule has 0 amide bonds. The van der Waals surface area contributed by atoms with Gasteiger partial charge in [-0.05, 0) is 38.5 Å². The van der Waals surface area contributed by atoms with Gasteiger partial charge in [-0.3, -0.25) is 9.59 Å². The summed E-state index contributed by atoms with van der Waals surface area (Å²) in [5.41, 5.74) is 0. The molecule has 1 heterocycles. The van der Waals surface area contributed by atoms with E-state index >= 15 is 0 Å². The molecule has 0 saturated carbocycles. The molecule has 0 bridgehead atoms. The Kier molecular flexibility index (Phi) is 34.4. The van der Waals surface area contributed by atoms with Crippen LogP contribution in [0.3, 0.4) is 0 Å². The molecule has 0 aromatic carbocycles. The van der Waals surface area contributed by atoms with Gasteiger partial charge in [-0.1, -0.05) is 167 Å². The van der Waals surface area contributed by atoms with E-state index in [1.165, 1.54) is 135 Å². The summed E-state index contributed by atoms with van der Waals surface area (Å²) >= 11 is 0. The molecule has 1 aliphatic rings. The van der Waals surface area contributed by atoms with E-state index in [2.05, 4.69) is 26.0 Å². The first-order chi connectivity index (χ1) is 26.8. The highest BCUT2D eigenvalue weighted by molar-refractivity contribution is 5.70. The van der Waals surface area contributed by atoms with Crippen LogP contribution in [0.25, 0.3) is 0 Å². The van der Waals surface area contributed by atoms with Crippen molar-refractivity contribution in [3.05, 3.63) is 12.2 Å². The molecule has 0 aromatic heterocycles. The van der Waals surface area contributed by atoms with Crippen molar-refractivity contribution >= 4 is 11.9 Å². The van der Waals surface area contributed by atoms with Crippen LogP contribution in [0.1, 0.15) is 206 Å². The Hall–Kier alpha value is -1.56. The van der Waals surface area contributed by atoms with Gasteiger partial charge < -0.3 is 39.4 Å². The number of ether oxygens (including phenoxy) is 4. The van der Waals surface area contributed by atoms with Crippen molar-refractivity contribution in [1.82, 2.24) is 0 Å². The highest BCUT2D eigenvalue weighted by Gasteiger charge is 2.44. The van der Waals surface area contributed by atoms with Gasteiger partial charge in [0.25, 0.3) is 0 Å². The van der Waals surface area contributed by atoms with Crippen LogP contribution >= 0.6 is 0 Å². The van der Waals surface area contributed by atoms with E-state index in [1.807, 2.05) is 0 Å². The summed E-state index contributed by atoms with van der Waals surface area (Å²) in [6.07, 6.45) is 30.8. The highest BCUT2D eigenvalue weighted by Crippen LogP contribution is 2.23. The van der Waals surface area contributed by atoms with Gasteiger partial charge in [0.15, 0.2) is 12.4 Å². The van der Waals surface area contributed by atoms with Crippen molar-refractivity contribution in [2.24, 2.45) is 0 Å². The third-order valence-corrected chi connectivity index (χ3v) is 10.7. The average Bonchev–Trinajstić information content (AvgIpc) is 3.18. The van der Waals surface area contributed by atoms with Crippen LogP contribution in [0.5, 0.6) is 0 Å². The SMILES string of the molecule is CCCCCCCC/C=C/CCCCCCCCCCCC(=O)O[C@H](COC(=O)CCCCCCCCCCCCC)CO[C@@H]1O[C@H](CO)[C@H](O)C(O)C1O. The second-order valence-corrected chi connectivity index (χ2v) is 15.9. The maximum atomic E-state index is 12.8. The molecule has 10 heteroatoms. The number of unbranched alkanes of at least 4 members (excludes halogenated alkanes) is 25. The van der Waals surface area contributed by atoms with Crippen LogP contribution in [-0.4, -0.2) is 89.0 Å². The zero-order valence-electron chi connectivity index (χ0n) is 35.2. The second-order valence-electron chi connectivity index (χ2n) is 15.9. The highest BCUT2D eigenvalue weighted by atomic mass is 16.7. The van der Waals surface area contributed by atoms with Crippen LogP contribution in [0, 0.1) is 0 Å². The van der Waals surface area contributed by atoms with Gasteiger partial charge in [0.1, 0.15) is 31.0 Å². The summed E-state index contributed by atoms with van der Waals surface area (Å²) in [6.45, 7) is 3.42.